The summed E-state index contributed by atoms with van der Waals surface area (Å²) in [6, 6.07) is 7.03. The fraction of sp³-hybridized carbons (Fsp3) is 0.143. The highest BCUT2D eigenvalue weighted by molar-refractivity contribution is 6.30. The van der Waals surface area contributed by atoms with E-state index in [4.69, 9.17) is 17.3 Å². The van der Waals surface area contributed by atoms with Gasteiger partial charge in [-0.05, 0) is 25.1 Å². The Balaban J connectivity index is 2.76. The minimum absolute atomic E-state index is 0.0570. The second-order valence-corrected chi connectivity index (χ2v) is 4.63. The standard InChI is InChI=1S/C14H13ClN2O3/c1-8-12(14(19)20-2)13(18)11(15)7-17(8)10-5-3-4-9(16)6-10/h3-7H,16H2,1-2H3. The molecule has 0 unspecified atom stereocenters. The lowest BCUT2D eigenvalue weighted by atomic mass is 10.1. The summed E-state index contributed by atoms with van der Waals surface area (Å²) in [6.07, 6.45) is 1.46. The van der Waals surface area contributed by atoms with Gasteiger partial charge >= 0.3 is 5.97 Å². The van der Waals surface area contributed by atoms with Crippen LogP contribution in [0.2, 0.25) is 5.02 Å². The smallest absolute Gasteiger partial charge is 0.343 e. The zero-order valence-corrected chi connectivity index (χ0v) is 11.8. The van der Waals surface area contributed by atoms with Gasteiger partial charge in [0.25, 0.3) is 0 Å². The fourth-order valence-corrected chi connectivity index (χ4v) is 2.15. The first-order valence-corrected chi connectivity index (χ1v) is 6.19. The zero-order chi connectivity index (χ0) is 14.9. The average Bonchev–Trinajstić information content (AvgIpc) is 2.42. The normalized spacial score (nSPS) is 10.3. The van der Waals surface area contributed by atoms with E-state index in [9.17, 15) is 9.59 Å². The van der Waals surface area contributed by atoms with E-state index in [-0.39, 0.29) is 10.6 Å². The van der Waals surface area contributed by atoms with Crippen LogP contribution in [0.5, 0.6) is 0 Å². The maximum Gasteiger partial charge on any atom is 0.343 e. The Morgan fingerprint density at radius 3 is 2.70 bits per heavy atom. The van der Waals surface area contributed by atoms with Gasteiger partial charge in [-0.3, -0.25) is 4.79 Å². The number of halogens is 1. The van der Waals surface area contributed by atoms with Crippen molar-refractivity contribution in [1.29, 1.82) is 0 Å². The number of aromatic nitrogens is 1. The molecule has 20 heavy (non-hydrogen) atoms. The van der Waals surface area contributed by atoms with E-state index in [1.165, 1.54) is 13.3 Å². The molecular weight excluding hydrogens is 280 g/mol. The number of nitrogens with zero attached hydrogens (tertiary/aromatic N) is 1. The third-order valence-corrected chi connectivity index (χ3v) is 3.22. The van der Waals surface area contributed by atoms with Crippen molar-refractivity contribution in [3.05, 3.63) is 57.0 Å². The largest absolute Gasteiger partial charge is 0.465 e. The van der Waals surface area contributed by atoms with E-state index in [0.29, 0.717) is 17.1 Å². The lowest BCUT2D eigenvalue weighted by Crippen LogP contribution is -2.22. The Kier molecular flexibility index (Phi) is 3.81. The number of ether oxygens (including phenoxy) is 1. The van der Waals surface area contributed by atoms with Crippen molar-refractivity contribution in [3.63, 3.8) is 0 Å². The van der Waals surface area contributed by atoms with Crippen LogP contribution in [-0.2, 0) is 4.74 Å². The second-order valence-electron chi connectivity index (χ2n) is 4.22. The van der Waals surface area contributed by atoms with E-state index >= 15 is 0 Å². The van der Waals surface area contributed by atoms with Crippen molar-refractivity contribution in [3.8, 4) is 5.69 Å². The highest BCUT2D eigenvalue weighted by Crippen LogP contribution is 2.18. The van der Waals surface area contributed by atoms with Gasteiger partial charge in [0.1, 0.15) is 10.6 Å². The second kappa shape index (κ2) is 5.38. The van der Waals surface area contributed by atoms with Gasteiger partial charge in [-0.25, -0.2) is 4.79 Å². The van der Waals surface area contributed by atoms with E-state index < -0.39 is 11.4 Å². The van der Waals surface area contributed by atoms with Gasteiger partial charge in [0, 0.05) is 23.3 Å². The van der Waals surface area contributed by atoms with Crippen LogP contribution in [0.3, 0.4) is 0 Å². The summed E-state index contributed by atoms with van der Waals surface area (Å²) in [7, 11) is 1.22. The number of pyridine rings is 1. The van der Waals surface area contributed by atoms with Crippen LogP contribution in [0.15, 0.2) is 35.3 Å². The molecule has 1 aromatic carbocycles. The van der Waals surface area contributed by atoms with Crippen molar-refractivity contribution in [1.82, 2.24) is 4.57 Å². The summed E-state index contributed by atoms with van der Waals surface area (Å²) >= 11 is 5.91. The molecule has 0 saturated carbocycles. The molecule has 0 fully saturated rings. The average molecular weight is 293 g/mol. The molecule has 2 rings (SSSR count). The quantitative estimate of drug-likeness (QED) is 0.680. The Morgan fingerprint density at radius 2 is 2.10 bits per heavy atom. The molecule has 0 saturated heterocycles. The van der Waals surface area contributed by atoms with Gasteiger partial charge in [0.15, 0.2) is 0 Å². The van der Waals surface area contributed by atoms with Crippen molar-refractivity contribution >= 4 is 23.3 Å². The lowest BCUT2D eigenvalue weighted by molar-refractivity contribution is 0.0597. The van der Waals surface area contributed by atoms with Gasteiger partial charge in [-0.1, -0.05) is 17.7 Å². The van der Waals surface area contributed by atoms with E-state index in [2.05, 4.69) is 4.74 Å². The number of rotatable bonds is 2. The van der Waals surface area contributed by atoms with Gasteiger partial charge < -0.3 is 15.0 Å². The summed E-state index contributed by atoms with van der Waals surface area (Å²) in [5, 5.41) is -0.0570. The number of nitrogen functional groups attached to an aromatic ring is 1. The van der Waals surface area contributed by atoms with Crippen molar-refractivity contribution in [2.75, 3.05) is 12.8 Å². The lowest BCUT2D eigenvalue weighted by Gasteiger charge is -2.14. The molecule has 0 aliphatic rings. The summed E-state index contributed by atoms with van der Waals surface area (Å²) in [5.41, 5.74) is 6.82. The van der Waals surface area contributed by atoms with Crippen LogP contribution in [0.1, 0.15) is 16.1 Å². The topological polar surface area (TPSA) is 74.3 Å². The van der Waals surface area contributed by atoms with Crippen LogP contribution in [0.25, 0.3) is 5.69 Å². The molecule has 0 amide bonds. The first-order chi connectivity index (χ1) is 9.45. The molecule has 0 aliphatic carbocycles. The molecule has 2 aromatic rings. The first-order valence-electron chi connectivity index (χ1n) is 5.81. The number of hydrogen-bond donors (Lipinski definition) is 1. The van der Waals surface area contributed by atoms with Crippen molar-refractivity contribution in [2.24, 2.45) is 0 Å². The van der Waals surface area contributed by atoms with Gasteiger partial charge in [-0.2, -0.15) is 0 Å². The Bertz CT molecular complexity index is 738. The van der Waals surface area contributed by atoms with Crippen molar-refractivity contribution in [2.45, 2.75) is 6.92 Å². The Hall–Kier alpha value is -2.27. The SMILES string of the molecule is COC(=O)c1c(C)n(-c2cccc(N)c2)cc(Cl)c1=O. The number of esters is 1. The number of nitrogens with two attached hydrogens (primary N) is 1. The number of carbonyl (C=O) groups excluding carboxylic acids is 1. The zero-order valence-electron chi connectivity index (χ0n) is 11.0. The molecule has 5 nitrogen and oxygen atoms in total. The summed E-state index contributed by atoms with van der Waals surface area (Å²) in [4.78, 5) is 23.7. The van der Waals surface area contributed by atoms with Crippen molar-refractivity contribution < 1.29 is 9.53 Å². The highest BCUT2D eigenvalue weighted by Gasteiger charge is 2.19. The van der Waals surface area contributed by atoms with Crippen LogP contribution >= 0.6 is 11.6 Å². The van der Waals surface area contributed by atoms with E-state index in [0.717, 1.165) is 0 Å². The highest BCUT2D eigenvalue weighted by atomic mass is 35.5. The number of methoxy groups -OCH3 is 1. The molecular formula is C14H13ClN2O3. The molecule has 1 aromatic heterocycles. The molecule has 0 radical (unpaired) electrons. The molecule has 6 heteroatoms. The molecule has 0 aliphatic heterocycles. The molecule has 0 atom stereocenters. The maximum absolute atomic E-state index is 12.0. The monoisotopic (exact) mass is 292 g/mol. The minimum atomic E-state index is -0.715. The van der Waals surface area contributed by atoms with Gasteiger partial charge in [0.05, 0.1) is 7.11 Å². The molecule has 104 valence electrons. The summed E-state index contributed by atoms with van der Waals surface area (Å²) in [5.74, 6) is -0.715. The first kappa shape index (κ1) is 14.1. The van der Waals surface area contributed by atoms with Gasteiger partial charge in [-0.15, -0.1) is 0 Å². The van der Waals surface area contributed by atoms with Crippen LogP contribution < -0.4 is 11.2 Å². The maximum atomic E-state index is 12.0. The number of hydrogen-bond acceptors (Lipinski definition) is 4. The third-order valence-electron chi connectivity index (χ3n) is 2.95. The third kappa shape index (κ3) is 2.40. The Morgan fingerprint density at radius 1 is 1.40 bits per heavy atom. The fourth-order valence-electron chi connectivity index (χ4n) is 1.96. The van der Waals surface area contributed by atoms with E-state index in [1.54, 1.807) is 35.8 Å². The van der Waals surface area contributed by atoms with Crippen LogP contribution in [0, 0.1) is 6.92 Å². The van der Waals surface area contributed by atoms with Crippen LogP contribution in [0.4, 0.5) is 5.69 Å². The predicted molar refractivity (Wildman–Crippen MR) is 77.5 cm³/mol. The molecule has 2 N–H and O–H groups in total. The van der Waals surface area contributed by atoms with Crippen LogP contribution in [-0.4, -0.2) is 17.6 Å². The molecule has 0 spiro atoms. The predicted octanol–water partition coefficient (Wildman–Crippen LogP) is 2.17. The number of anilines is 1. The Labute approximate surface area is 120 Å². The molecule has 0 bridgehead atoms. The summed E-state index contributed by atoms with van der Waals surface area (Å²) < 4.78 is 6.26. The minimum Gasteiger partial charge on any atom is -0.465 e. The van der Waals surface area contributed by atoms with Gasteiger partial charge in [0.2, 0.25) is 5.43 Å². The number of carbonyl (C=O) groups is 1. The van der Waals surface area contributed by atoms with E-state index in [1.807, 2.05) is 0 Å². The number of benzene rings is 1. The summed E-state index contributed by atoms with van der Waals surface area (Å²) in [6.45, 7) is 1.65. The molecule has 1 heterocycles.